The summed E-state index contributed by atoms with van der Waals surface area (Å²) in [6.07, 6.45) is 4.13. The number of benzene rings is 1. The number of phenolic OH excluding ortho intramolecular Hbond substituents is 1. The quantitative estimate of drug-likeness (QED) is 0.461. The third-order valence-electron chi connectivity index (χ3n) is 8.39. The average molecular weight is 495 g/mol. The van der Waals surface area contributed by atoms with Gasteiger partial charge in [-0.25, -0.2) is 0 Å². The third-order valence-corrected chi connectivity index (χ3v) is 8.39. The summed E-state index contributed by atoms with van der Waals surface area (Å²) in [5, 5.41) is 11.2. The summed E-state index contributed by atoms with van der Waals surface area (Å²) in [5.41, 5.74) is 1.42. The lowest BCUT2D eigenvalue weighted by atomic mass is 9.57. The first-order valence-corrected chi connectivity index (χ1v) is 13.2. The van der Waals surface area contributed by atoms with Crippen LogP contribution in [-0.4, -0.2) is 58.2 Å². The zero-order valence-corrected chi connectivity index (χ0v) is 21.1. The fraction of sp³-hybridized carbons (Fsp3) is 0.571. The molecule has 8 nitrogen and oxygen atoms in total. The summed E-state index contributed by atoms with van der Waals surface area (Å²) in [6.45, 7) is 6.80. The van der Waals surface area contributed by atoms with Crippen LogP contribution in [-0.2, 0) is 19.2 Å². The Morgan fingerprint density at radius 1 is 0.861 bits per heavy atom. The number of aromatic hydroxyl groups is 1. The molecule has 6 unspecified atom stereocenters. The molecule has 0 spiro atoms. The number of carbonyl (C=O) groups excluding carboxylic acids is 4. The number of rotatable bonds is 7. The highest BCUT2D eigenvalue weighted by molar-refractivity contribution is 6.08. The Labute approximate surface area is 211 Å². The first-order valence-electron chi connectivity index (χ1n) is 13.2. The molecule has 36 heavy (non-hydrogen) atoms. The van der Waals surface area contributed by atoms with Crippen LogP contribution in [0.4, 0.5) is 0 Å². The summed E-state index contributed by atoms with van der Waals surface area (Å²) in [6, 6.07) is 5.24. The normalized spacial score (nSPS) is 31.4. The fourth-order valence-corrected chi connectivity index (χ4v) is 7.02. The van der Waals surface area contributed by atoms with Crippen molar-refractivity contribution in [2.45, 2.75) is 52.4 Å². The van der Waals surface area contributed by atoms with E-state index >= 15 is 0 Å². The molecule has 6 atom stereocenters. The van der Waals surface area contributed by atoms with E-state index in [9.17, 15) is 24.3 Å². The minimum Gasteiger partial charge on any atom is -0.504 e. The Bertz CT molecular complexity index is 1140. The van der Waals surface area contributed by atoms with Gasteiger partial charge in [-0.05, 0) is 44.6 Å². The molecule has 192 valence electrons. The first-order chi connectivity index (χ1) is 17.3. The lowest BCUT2D eigenvalue weighted by molar-refractivity contribution is -0.142. The first kappa shape index (κ1) is 24.5. The summed E-state index contributed by atoms with van der Waals surface area (Å²) in [5.74, 6) is -3.55. The summed E-state index contributed by atoms with van der Waals surface area (Å²) >= 11 is 0. The summed E-state index contributed by atoms with van der Waals surface area (Å²) in [7, 11) is 0. The maximum Gasteiger partial charge on any atom is 0.234 e. The Kier molecular flexibility index (Phi) is 6.39. The van der Waals surface area contributed by atoms with E-state index in [1.54, 1.807) is 18.2 Å². The van der Waals surface area contributed by atoms with Crippen LogP contribution < -0.4 is 4.74 Å². The molecule has 1 aromatic rings. The molecule has 5 rings (SSSR count). The van der Waals surface area contributed by atoms with Gasteiger partial charge in [-0.2, -0.15) is 0 Å². The monoisotopic (exact) mass is 494 g/mol. The maximum absolute atomic E-state index is 13.6. The van der Waals surface area contributed by atoms with Gasteiger partial charge in [-0.15, -0.1) is 0 Å². The van der Waals surface area contributed by atoms with Gasteiger partial charge < -0.3 is 9.84 Å². The minimum atomic E-state index is -0.648. The van der Waals surface area contributed by atoms with E-state index in [-0.39, 0.29) is 35.3 Å². The van der Waals surface area contributed by atoms with Gasteiger partial charge in [0.2, 0.25) is 23.6 Å². The number of para-hydroxylation sites is 1. The van der Waals surface area contributed by atoms with Crippen LogP contribution in [0.1, 0.15) is 57.9 Å². The van der Waals surface area contributed by atoms with E-state index in [1.807, 2.05) is 26.8 Å². The Hall–Kier alpha value is -3.16. The van der Waals surface area contributed by atoms with Crippen molar-refractivity contribution in [3.05, 3.63) is 35.4 Å². The second-order valence-corrected chi connectivity index (χ2v) is 10.3. The van der Waals surface area contributed by atoms with Crippen molar-refractivity contribution in [3.63, 3.8) is 0 Å². The van der Waals surface area contributed by atoms with E-state index < -0.39 is 29.6 Å². The molecule has 0 radical (unpaired) electrons. The Morgan fingerprint density at radius 3 is 2.14 bits per heavy atom. The van der Waals surface area contributed by atoms with Gasteiger partial charge in [0, 0.05) is 24.6 Å². The topological polar surface area (TPSA) is 104 Å². The number of ether oxygens (including phenoxy) is 1. The van der Waals surface area contributed by atoms with Gasteiger partial charge in [0.15, 0.2) is 11.5 Å². The average Bonchev–Trinajstić information content (AvgIpc) is 3.25. The second-order valence-electron chi connectivity index (χ2n) is 10.3. The highest BCUT2D eigenvalue weighted by Crippen LogP contribution is 2.59. The van der Waals surface area contributed by atoms with E-state index in [1.165, 1.54) is 9.80 Å². The van der Waals surface area contributed by atoms with Crippen molar-refractivity contribution in [1.82, 2.24) is 9.80 Å². The smallest absolute Gasteiger partial charge is 0.234 e. The van der Waals surface area contributed by atoms with Crippen molar-refractivity contribution >= 4 is 23.6 Å². The van der Waals surface area contributed by atoms with Crippen LogP contribution in [0.25, 0.3) is 0 Å². The number of hydrogen-bond acceptors (Lipinski definition) is 6. The number of amides is 4. The number of fused-ring (bicyclic) bond motifs is 4. The number of nitrogens with zero attached hydrogens (tertiary/aromatic N) is 2. The highest BCUT2D eigenvalue weighted by Gasteiger charge is 2.62. The molecule has 2 saturated heterocycles. The lowest BCUT2D eigenvalue weighted by Gasteiger charge is -2.44. The zero-order chi connectivity index (χ0) is 25.7. The van der Waals surface area contributed by atoms with Crippen molar-refractivity contribution in [2.75, 3.05) is 19.7 Å². The number of imide groups is 2. The number of allylic oxidation sites excluding steroid dienone is 2. The zero-order valence-electron chi connectivity index (χ0n) is 21.1. The van der Waals surface area contributed by atoms with Gasteiger partial charge >= 0.3 is 0 Å². The Balaban J connectivity index is 1.64. The molecule has 0 aromatic heterocycles. The molecule has 2 heterocycles. The molecular weight excluding hydrogens is 460 g/mol. The second kappa shape index (κ2) is 9.37. The van der Waals surface area contributed by atoms with E-state index in [0.717, 1.165) is 5.57 Å². The van der Waals surface area contributed by atoms with Gasteiger partial charge in [0.1, 0.15) is 0 Å². The number of carbonyl (C=O) groups is 4. The molecule has 2 aliphatic carbocycles. The molecule has 1 aromatic carbocycles. The van der Waals surface area contributed by atoms with Crippen molar-refractivity contribution in [1.29, 1.82) is 0 Å². The van der Waals surface area contributed by atoms with E-state index in [2.05, 4.69) is 0 Å². The van der Waals surface area contributed by atoms with E-state index in [0.29, 0.717) is 56.7 Å². The van der Waals surface area contributed by atoms with Gasteiger partial charge in [0.25, 0.3) is 0 Å². The van der Waals surface area contributed by atoms with Crippen LogP contribution in [0, 0.1) is 29.6 Å². The Morgan fingerprint density at radius 2 is 1.50 bits per heavy atom. The van der Waals surface area contributed by atoms with E-state index in [4.69, 9.17) is 4.74 Å². The molecule has 2 aliphatic heterocycles. The molecule has 4 aliphatic rings. The maximum atomic E-state index is 13.6. The largest absolute Gasteiger partial charge is 0.504 e. The third kappa shape index (κ3) is 3.48. The summed E-state index contributed by atoms with van der Waals surface area (Å²) in [4.78, 5) is 56.5. The minimum absolute atomic E-state index is 0.0394. The van der Waals surface area contributed by atoms with Crippen molar-refractivity contribution in [2.24, 2.45) is 29.6 Å². The van der Waals surface area contributed by atoms with Gasteiger partial charge in [-0.3, -0.25) is 29.0 Å². The molecule has 1 N–H and O–H groups in total. The standard InChI is InChI=1S/C28H34N2O6/c1-4-12-29-25(32)17-11-10-15-18(22(17)27(29)34)14-19-23(28(35)30(13-5-2)26(19)33)21(15)16-8-7-9-20(24(16)31)36-6-3/h7-10,17-19,21-23,31H,4-6,11-14H2,1-3H3. The molecular formula is C28H34N2O6. The molecule has 4 amide bonds. The SMILES string of the molecule is CCCN1C(=O)C2CC=C3C(CC4C(=O)N(CCC)C(=O)C4C3c3cccc(OCC)c3O)C2C1=O. The lowest BCUT2D eigenvalue weighted by Crippen LogP contribution is -2.43. The van der Waals surface area contributed by atoms with Crippen molar-refractivity contribution < 1.29 is 29.0 Å². The molecule has 0 bridgehead atoms. The number of hydrogen-bond donors (Lipinski definition) is 1. The van der Waals surface area contributed by atoms with Crippen LogP contribution in [0.15, 0.2) is 29.8 Å². The predicted octanol–water partition coefficient (Wildman–Crippen LogP) is 3.25. The molecule has 8 heteroatoms. The number of phenols is 1. The predicted molar refractivity (Wildman–Crippen MR) is 131 cm³/mol. The fourth-order valence-electron chi connectivity index (χ4n) is 7.02. The van der Waals surface area contributed by atoms with Gasteiger partial charge in [0.05, 0.1) is 30.3 Å². The van der Waals surface area contributed by atoms with Crippen LogP contribution in [0.3, 0.4) is 0 Å². The molecule has 1 saturated carbocycles. The molecule has 3 fully saturated rings. The van der Waals surface area contributed by atoms with Crippen LogP contribution in [0.2, 0.25) is 0 Å². The van der Waals surface area contributed by atoms with Crippen LogP contribution in [0.5, 0.6) is 11.5 Å². The van der Waals surface area contributed by atoms with Crippen LogP contribution >= 0.6 is 0 Å². The number of likely N-dealkylation sites (tertiary alicyclic amines) is 2. The van der Waals surface area contributed by atoms with Crippen molar-refractivity contribution in [3.8, 4) is 11.5 Å². The summed E-state index contributed by atoms with van der Waals surface area (Å²) < 4.78 is 5.63. The van der Waals surface area contributed by atoms with Gasteiger partial charge in [-0.1, -0.05) is 37.6 Å². The highest BCUT2D eigenvalue weighted by atomic mass is 16.5.